The average Bonchev–Trinajstić information content (AvgIpc) is 2.73. The van der Waals surface area contributed by atoms with E-state index < -0.39 is 0 Å². The van der Waals surface area contributed by atoms with Crippen molar-refractivity contribution in [3.63, 3.8) is 0 Å². The Morgan fingerprint density at radius 1 is 1.07 bits per heavy atom. The van der Waals surface area contributed by atoms with Crippen molar-refractivity contribution in [1.29, 1.82) is 5.41 Å². The summed E-state index contributed by atoms with van der Waals surface area (Å²) in [6.45, 7) is 3.97. The quantitative estimate of drug-likeness (QED) is 0.422. The zero-order valence-electron chi connectivity index (χ0n) is 17.2. The van der Waals surface area contributed by atoms with E-state index in [0.29, 0.717) is 22.8 Å². The van der Waals surface area contributed by atoms with E-state index in [9.17, 15) is 4.79 Å². The standard InChI is InChI=1S/C24H26N4O/c1-16(2)23(25)22-21(17-9-6-5-7-10-17)14-19(15-29)27-24(22)26-18-11-8-12-20(13-18)28(3)4/h5-16,25H,1-4H3,(H,26,27). The summed E-state index contributed by atoms with van der Waals surface area (Å²) in [5.41, 5.74) is 5.19. The third kappa shape index (κ3) is 4.51. The first-order valence-corrected chi connectivity index (χ1v) is 9.59. The highest BCUT2D eigenvalue weighted by atomic mass is 16.1. The Bertz CT molecular complexity index is 1030. The molecule has 0 atom stereocenters. The summed E-state index contributed by atoms with van der Waals surface area (Å²) in [5, 5.41) is 12.1. The number of nitrogens with zero attached hydrogens (tertiary/aromatic N) is 2. The Kier molecular flexibility index (Phi) is 6.07. The van der Waals surface area contributed by atoms with Crippen LogP contribution < -0.4 is 10.2 Å². The molecule has 0 unspecified atom stereocenters. The molecule has 0 aliphatic rings. The molecular formula is C24H26N4O. The highest BCUT2D eigenvalue weighted by molar-refractivity contribution is 6.10. The number of nitrogens with one attached hydrogen (secondary N) is 2. The van der Waals surface area contributed by atoms with E-state index in [1.807, 2.05) is 87.4 Å². The van der Waals surface area contributed by atoms with Crippen LogP contribution in [0.5, 0.6) is 0 Å². The summed E-state index contributed by atoms with van der Waals surface area (Å²) in [6.07, 6.45) is 0.747. The molecular weight excluding hydrogens is 360 g/mol. The van der Waals surface area contributed by atoms with E-state index in [1.165, 1.54) is 0 Å². The molecule has 0 amide bonds. The fourth-order valence-corrected chi connectivity index (χ4v) is 3.12. The maximum absolute atomic E-state index is 11.6. The van der Waals surface area contributed by atoms with Crippen molar-refractivity contribution in [3.05, 3.63) is 71.9 Å². The molecule has 0 fully saturated rings. The van der Waals surface area contributed by atoms with E-state index >= 15 is 0 Å². The molecule has 5 heteroatoms. The smallest absolute Gasteiger partial charge is 0.168 e. The zero-order chi connectivity index (χ0) is 21.0. The molecule has 1 heterocycles. The predicted molar refractivity (Wildman–Crippen MR) is 121 cm³/mol. The summed E-state index contributed by atoms with van der Waals surface area (Å²) < 4.78 is 0. The second kappa shape index (κ2) is 8.69. The number of aromatic nitrogens is 1. The maximum Gasteiger partial charge on any atom is 0.168 e. The molecule has 29 heavy (non-hydrogen) atoms. The lowest BCUT2D eigenvalue weighted by atomic mass is 9.91. The molecule has 3 rings (SSSR count). The van der Waals surface area contributed by atoms with Crippen molar-refractivity contribution in [1.82, 2.24) is 4.98 Å². The molecule has 0 radical (unpaired) electrons. The predicted octanol–water partition coefficient (Wildman–Crippen LogP) is 5.39. The van der Waals surface area contributed by atoms with E-state index in [0.717, 1.165) is 28.8 Å². The molecule has 0 saturated carbocycles. The summed E-state index contributed by atoms with van der Waals surface area (Å²) in [5.74, 6) is 0.526. The van der Waals surface area contributed by atoms with Crippen LogP contribution in [-0.2, 0) is 0 Å². The lowest BCUT2D eigenvalue weighted by Gasteiger charge is -2.20. The first-order valence-electron chi connectivity index (χ1n) is 9.59. The van der Waals surface area contributed by atoms with Gasteiger partial charge in [-0.25, -0.2) is 4.98 Å². The van der Waals surface area contributed by atoms with Gasteiger partial charge in [-0.1, -0.05) is 50.2 Å². The topological polar surface area (TPSA) is 69.1 Å². The summed E-state index contributed by atoms with van der Waals surface area (Å²) in [4.78, 5) is 18.1. The van der Waals surface area contributed by atoms with Crippen LogP contribution in [0.3, 0.4) is 0 Å². The normalized spacial score (nSPS) is 10.7. The maximum atomic E-state index is 11.6. The van der Waals surface area contributed by atoms with Gasteiger partial charge in [0.05, 0.1) is 0 Å². The number of aldehydes is 1. The van der Waals surface area contributed by atoms with Gasteiger partial charge in [0.2, 0.25) is 0 Å². The lowest BCUT2D eigenvalue weighted by molar-refractivity contribution is 0.111. The third-order valence-corrected chi connectivity index (χ3v) is 4.72. The van der Waals surface area contributed by atoms with Crippen LogP contribution in [0.25, 0.3) is 11.1 Å². The van der Waals surface area contributed by atoms with Gasteiger partial charge in [0.25, 0.3) is 0 Å². The van der Waals surface area contributed by atoms with Crippen LogP contribution in [0.15, 0.2) is 60.7 Å². The number of rotatable bonds is 7. The minimum absolute atomic E-state index is 0.00926. The van der Waals surface area contributed by atoms with Gasteiger partial charge in [0.15, 0.2) is 6.29 Å². The molecule has 3 aromatic rings. The van der Waals surface area contributed by atoms with Crippen molar-refractivity contribution in [2.75, 3.05) is 24.3 Å². The van der Waals surface area contributed by atoms with E-state index in [1.54, 1.807) is 6.07 Å². The molecule has 0 bridgehead atoms. The zero-order valence-corrected chi connectivity index (χ0v) is 17.2. The molecule has 2 N–H and O–H groups in total. The second-order valence-corrected chi connectivity index (χ2v) is 7.44. The SMILES string of the molecule is CC(C)C(=N)c1c(-c2ccccc2)cc(C=O)nc1Nc1cccc(N(C)C)c1. The Morgan fingerprint density at radius 2 is 1.79 bits per heavy atom. The van der Waals surface area contributed by atoms with E-state index in [4.69, 9.17) is 5.41 Å². The van der Waals surface area contributed by atoms with Crippen molar-refractivity contribution in [3.8, 4) is 11.1 Å². The molecule has 2 aromatic carbocycles. The van der Waals surface area contributed by atoms with Gasteiger partial charge in [0, 0.05) is 36.7 Å². The first kappa shape index (κ1) is 20.3. The number of benzene rings is 2. The molecule has 0 spiro atoms. The number of pyridine rings is 1. The summed E-state index contributed by atoms with van der Waals surface area (Å²) in [7, 11) is 3.97. The molecule has 0 aliphatic heterocycles. The number of hydrogen-bond acceptors (Lipinski definition) is 5. The average molecular weight is 386 g/mol. The number of hydrogen-bond donors (Lipinski definition) is 2. The largest absolute Gasteiger partial charge is 0.378 e. The summed E-state index contributed by atoms with van der Waals surface area (Å²) >= 11 is 0. The van der Waals surface area contributed by atoms with Gasteiger partial charge in [-0.15, -0.1) is 0 Å². The van der Waals surface area contributed by atoms with Crippen molar-refractivity contribution >= 4 is 29.2 Å². The van der Waals surface area contributed by atoms with Gasteiger partial charge < -0.3 is 15.6 Å². The molecule has 5 nitrogen and oxygen atoms in total. The van der Waals surface area contributed by atoms with E-state index in [2.05, 4.69) is 10.3 Å². The van der Waals surface area contributed by atoms with Gasteiger partial charge in [-0.05, 0) is 41.3 Å². The van der Waals surface area contributed by atoms with Gasteiger partial charge in [-0.3, -0.25) is 4.79 Å². The monoisotopic (exact) mass is 386 g/mol. The second-order valence-electron chi connectivity index (χ2n) is 7.44. The number of carbonyl (C=O) groups excluding carboxylic acids is 1. The van der Waals surface area contributed by atoms with Crippen LogP contribution in [0, 0.1) is 11.3 Å². The Hall–Kier alpha value is -3.47. The van der Waals surface area contributed by atoms with E-state index in [-0.39, 0.29) is 5.92 Å². The Balaban J connectivity index is 2.20. The minimum atomic E-state index is 0.00926. The first-order chi connectivity index (χ1) is 13.9. The molecule has 0 aliphatic carbocycles. The number of anilines is 3. The number of carbonyl (C=O) groups is 1. The molecule has 1 aromatic heterocycles. The fraction of sp³-hybridized carbons (Fsp3) is 0.208. The van der Waals surface area contributed by atoms with Crippen LogP contribution in [0.2, 0.25) is 0 Å². The van der Waals surface area contributed by atoms with Gasteiger partial charge in [-0.2, -0.15) is 0 Å². The van der Waals surface area contributed by atoms with Crippen molar-refractivity contribution in [2.45, 2.75) is 13.8 Å². The Morgan fingerprint density at radius 3 is 2.41 bits per heavy atom. The van der Waals surface area contributed by atoms with Crippen LogP contribution >= 0.6 is 0 Å². The highest BCUT2D eigenvalue weighted by Gasteiger charge is 2.20. The van der Waals surface area contributed by atoms with Crippen molar-refractivity contribution < 1.29 is 4.79 Å². The van der Waals surface area contributed by atoms with Crippen molar-refractivity contribution in [2.24, 2.45) is 5.92 Å². The minimum Gasteiger partial charge on any atom is -0.378 e. The van der Waals surface area contributed by atoms with Crippen LogP contribution in [0.4, 0.5) is 17.2 Å². The lowest BCUT2D eigenvalue weighted by Crippen LogP contribution is -2.14. The van der Waals surface area contributed by atoms with Gasteiger partial charge in [0.1, 0.15) is 11.5 Å². The van der Waals surface area contributed by atoms with Gasteiger partial charge >= 0.3 is 0 Å². The van der Waals surface area contributed by atoms with Crippen LogP contribution in [-0.4, -0.2) is 31.1 Å². The fourth-order valence-electron chi connectivity index (χ4n) is 3.12. The molecule has 0 saturated heterocycles. The highest BCUT2D eigenvalue weighted by Crippen LogP contribution is 2.33. The van der Waals surface area contributed by atoms with Crippen LogP contribution in [0.1, 0.15) is 29.9 Å². The third-order valence-electron chi connectivity index (χ3n) is 4.72. The summed E-state index contributed by atoms with van der Waals surface area (Å²) in [6, 6.07) is 19.5. The molecule has 148 valence electrons. The Labute approximate surface area is 171 Å².